The molecule has 2 N–H and O–H groups in total. The molecule has 2 aromatic heterocycles. The van der Waals surface area contributed by atoms with Gasteiger partial charge in [0.05, 0.1) is 16.6 Å². The summed E-state index contributed by atoms with van der Waals surface area (Å²) in [6.07, 6.45) is 1.47. The number of carboxylic acid groups (broad SMARTS) is 1. The van der Waals surface area contributed by atoms with Crippen molar-refractivity contribution in [2.24, 2.45) is 7.05 Å². The molecule has 0 spiro atoms. The van der Waals surface area contributed by atoms with Gasteiger partial charge in [0.15, 0.2) is 5.65 Å². The molecule has 7 heteroatoms. The maximum atomic E-state index is 10.8. The number of rotatable bonds is 3. The SMILES string of the molecule is Cc1nn(C)c2ncnc(Nc3ccc(C(=O)O)cc3)c12. The Hall–Kier alpha value is -2.96. The molecule has 0 saturated carbocycles. The van der Waals surface area contributed by atoms with Gasteiger partial charge in [0.1, 0.15) is 12.1 Å². The lowest BCUT2D eigenvalue weighted by Crippen LogP contribution is -1.99. The number of benzene rings is 1. The molecule has 0 atom stereocenters. The summed E-state index contributed by atoms with van der Waals surface area (Å²) in [4.78, 5) is 19.3. The zero-order valence-electron chi connectivity index (χ0n) is 11.5. The van der Waals surface area contributed by atoms with E-state index in [0.717, 1.165) is 22.4 Å². The zero-order chi connectivity index (χ0) is 15.0. The average Bonchev–Trinajstić information content (AvgIpc) is 2.76. The van der Waals surface area contributed by atoms with Crippen molar-refractivity contribution in [3.8, 4) is 0 Å². The standard InChI is InChI=1S/C14H13N5O2/c1-8-11-12(15-7-16-13(11)19(2)18-8)17-10-5-3-9(4-6-10)14(20)21/h3-7H,1-2H3,(H,20,21)(H,15,16,17). The Labute approximate surface area is 120 Å². The van der Waals surface area contributed by atoms with E-state index in [1.54, 1.807) is 28.9 Å². The zero-order valence-corrected chi connectivity index (χ0v) is 11.5. The van der Waals surface area contributed by atoms with E-state index in [4.69, 9.17) is 5.11 Å². The molecule has 0 amide bonds. The molecule has 106 valence electrons. The van der Waals surface area contributed by atoms with Gasteiger partial charge in [0.2, 0.25) is 0 Å². The van der Waals surface area contributed by atoms with Gasteiger partial charge in [-0.05, 0) is 31.2 Å². The van der Waals surface area contributed by atoms with Gasteiger partial charge in [-0.15, -0.1) is 0 Å². The minimum absolute atomic E-state index is 0.242. The van der Waals surface area contributed by atoms with Gasteiger partial charge in [0.25, 0.3) is 0 Å². The third-order valence-corrected chi connectivity index (χ3v) is 3.19. The van der Waals surface area contributed by atoms with Crippen molar-refractivity contribution in [2.45, 2.75) is 6.92 Å². The predicted octanol–water partition coefficient (Wildman–Crippen LogP) is 2.11. The maximum Gasteiger partial charge on any atom is 0.335 e. The summed E-state index contributed by atoms with van der Waals surface area (Å²) in [6.45, 7) is 1.89. The van der Waals surface area contributed by atoms with Gasteiger partial charge in [-0.1, -0.05) is 0 Å². The molecule has 3 aromatic rings. The highest BCUT2D eigenvalue weighted by Gasteiger charge is 2.12. The average molecular weight is 283 g/mol. The molecule has 7 nitrogen and oxygen atoms in total. The Bertz CT molecular complexity index is 823. The lowest BCUT2D eigenvalue weighted by Gasteiger charge is -2.07. The molecule has 0 bridgehead atoms. The molecule has 0 fully saturated rings. The van der Waals surface area contributed by atoms with Crippen molar-refractivity contribution >= 4 is 28.5 Å². The molecule has 21 heavy (non-hydrogen) atoms. The predicted molar refractivity (Wildman–Crippen MR) is 77.7 cm³/mol. The Morgan fingerprint density at radius 3 is 2.62 bits per heavy atom. The summed E-state index contributed by atoms with van der Waals surface area (Å²) in [6, 6.07) is 6.48. The number of nitrogens with one attached hydrogen (secondary N) is 1. The highest BCUT2D eigenvalue weighted by molar-refractivity contribution is 5.91. The van der Waals surface area contributed by atoms with E-state index in [1.807, 2.05) is 14.0 Å². The lowest BCUT2D eigenvalue weighted by atomic mass is 10.2. The second-order valence-corrected chi connectivity index (χ2v) is 4.64. The van der Waals surface area contributed by atoms with E-state index < -0.39 is 5.97 Å². The topological polar surface area (TPSA) is 92.9 Å². The fraction of sp³-hybridized carbons (Fsp3) is 0.143. The Balaban J connectivity index is 2.00. The smallest absolute Gasteiger partial charge is 0.335 e. The van der Waals surface area contributed by atoms with Crippen molar-refractivity contribution in [2.75, 3.05) is 5.32 Å². The molecule has 0 aliphatic heterocycles. The second-order valence-electron chi connectivity index (χ2n) is 4.64. The van der Waals surface area contributed by atoms with Crippen LogP contribution in [0.4, 0.5) is 11.5 Å². The molecule has 1 aromatic carbocycles. The molecule has 2 heterocycles. The molecule has 0 saturated heterocycles. The van der Waals surface area contributed by atoms with Gasteiger partial charge >= 0.3 is 5.97 Å². The monoisotopic (exact) mass is 283 g/mol. The highest BCUT2D eigenvalue weighted by atomic mass is 16.4. The van der Waals surface area contributed by atoms with Crippen LogP contribution in [0.2, 0.25) is 0 Å². The van der Waals surface area contributed by atoms with Gasteiger partial charge in [0, 0.05) is 12.7 Å². The molecule has 0 radical (unpaired) electrons. The fourth-order valence-electron chi connectivity index (χ4n) is 2.20. The van der Waals surface area contributed by atoms with Gasteiger partial charge in [-0.25, -0.2) is 14.8 Å². The van der Waals surface area contributed by atoms with E-state index in [2.05, 4.69) is 20.4 Å². The fourth-order valence-corrected chi connectivity index (χ4v) is 2.20. The second kappa shape index (κ2) is 4.86. The Morgan fingerprint density at radius 2 is 1.95 bits per heavy atom. The van der Waals surface area contributed by atoms with Crippen molar-refractivity contribution in [1.29, 1.82) is 0 Å². The first-order chi connectivity index (χ1) is 10.1. The Morgan fingerprint density at radius 1 is 1.24 bits per heavy atom. The molecule has 0 aliphatic rings. The van der Waals surface area contributed by atoms with Crippen LogP contribution in [0.1, 0.15) is 16.1 Å². The third-order valence-electron chi connectivity index (χ3n) is 3.19. The van der Waals surface area contributed by atoms with E-state index in [0.29, 0.717) is 5.82 Å². The van der Waals surface area contributed by atoms with Crippen LogP contribution in [0.25, 0.3) is 11.0 Å². The van der Waals surface area contributed by atoms with Crippen LogP contribution in [0.3, 0.4) is 0 Å². The first-order valence-corrected chi connectivity index (χ1v) is 6.31. The number of hydrogen-bond acceptors (Lipinski definition) is 5. The number of carboxylic acids is 1. The summed E-state index contributed by atoms with van der Waals surface area (Å²) in [5.41, 5.74) is 2.57. The van der Waals surface area contributed by atoms with Crippen molar-refractivity contribution < 1.29 is 9.90 Å². The van der Waals surface area contributed by atoms with Crippen LogP contribution >= 0.6 is 0 Å². The normalized spacial score (nSPS) is 10.8. The quantitative estimate of drug-likeness (QED) is 0.764. The number of anilines is 2. The van der Waals surface area contributed by atoms with Gasteiger partial charge in [-0.3, -0.25) is 4.68 Å². The summed E-state index contributed by atoms with van der Waals surface area (Å²) in [5, 5.41) is 17.2. The van der Waals surface area contributed by atoms with Crippen LogP contribution in [0.15, 0.2) is 30.6 Å². The van der Waals surface area contributed by atoms with Crippen molar-refractivity contribution in [3.05, 3.63) is 41.9 Å². The first kappa shape index (κ1) is 13.0. The summed E-state index contributed by atoms with van der Waals surface area (Å²) in [7, 11) is 1.83. The molecular formula is C14H13N5O2. The summed E-state index contributed by atoms with van der Waals surface area (Å²) < 4.78 is 1.70. The number of nitrogens with zero attached hydrogens (tertiary/aromatic N) is 4. The number of aryl methyl sites for hydroxylation is 2. The number of fused-ring (bicyclic) bond motifs is 1. The molecular weight excluding hydrogens is 270 g/mol. The Kier molecular flexibility index (Phi) is 3.02. The van der Waals surface area contributed by atoms with Crippen LogP contribution < -0.4 is 5.32 Å². The largest absolute Gasteiger partial charge is 0.478 e. The summed E-state index contributed by atoms with van der Waals surface area (Å²) >= 11 is 0. The van der Waals surface area contributed by atoms with Crippen molar-refractivity contribution in [3.63, 3.8) is 0 Å². The van der Waals surface area contributed by atoms with Gasteiger partial charge < -0.3 is 10.4 Å². The van der Waals surface area contributed by atoms with Crippen LogP contribution in [0.5, 0.6) is 0 Å². The third kappa shape index (κ3) is 2.29. The number of carbonyl (C=O) groups is 1. The summed E-state index contributed by atoms with van der Waals surface area (Å²) in [5.74, 6) is -0.303. The number of hydrogen-bond donors (Lipinski definition) is 2. The lowest BCUT2D eigenvalue weighted by molar-refractivity contribution is 0.0697. The van der Waals surface area contributed by atoms with Crippen LogP contribution in [-0.4, -0.2) is 30.8 Å². The maximum absolute atomic E-state index is 10.8. The molecule has 0 unspecified atom stereocenters. The molecule has 3 rings (SSSR count). The minimum atomic E-state index is -0.950. The number of aromatic nitrogens is 4. The van der Waals surface area contributed by atoms with Crippen LogP contribution in [0, 0.1) is 6.92 Å². The van der Waals surface area contributed by atoms with Crippen molar-refractivity contribution in [1.82, 2.24) is 19.7 Å². The van der Waals surface area contributed by atoms with E-state index in [9.17, 15) is 4.79 Å². The first-order valence-electron chi connectivity index (χ1n) is 6.31. The van der Waals surface area contributed by atoms with Crippen LogP contribution in [-0.2, 0) is 7.05 Å². The van der Waals surface area contributed by atoms with E-state index in [1.165, 1.54) is 6.33 Å². The van der Waals surface area contributed by atoms with E-state index in [-0.39, 0.29) is 5.56 Å². The highest BCUT2D eigenvalue weighted by Crippen LogP contribution is 2.25. The minimum Gasteiger partial charge on any atom is -0.478 e. The molecule has 0 aliphatic carbocycles. The van der Waals surface area contributed by atoms with Gasteiger partial charge in [-0.2, -0.15) is 5.10 Å². The van der Waals surface area contributed by atoms with E-state index >= 15 is 0 Å². The number of aromatic carboxylic acids is 1.